The highest BCUT2D eigenvalue weighted by Gasteiger charge is 2.42. The molecule has 6 heteroatoms. The molecule has 1 unspecified atom stereocenters. The molecule has 1 fully saturated rings. The summed E-state index contributed by atoms with van der Waals surface area (Å²) in [6.45, 7) is 0.891. The Kier molecular flexibility index (Phi) is 4.26. The highest BCUT2D eigenvalue weighted by Crippen LogP contribution is 2.36. The molecule has 2 N–H and O–H groups in total. The third kappa shape index (κ3) is 3.34. The van der Waals surface area contributed by atoms with Crippen LogP contribution in [0.2, 0.25) is 5.02 Å². The third-order valence-corrected chi connectivity index (χ3v) is 3.72. The van der Waals surface area contributed by atoms with Crippen LogP contribution in [-0.4, -0.2) is 19.3 Å². The average molecular weight is 293 g/mol. The number of hydrogen-bond donors (Lipinski definition) is 1. The quantitative estimate of drug-likeness (QED) is 0.903. The molecule has 1 atom stereocenters. The van der Waals surface area contributed by atoms with Gasteiger partial charge >= 0.3 is 6.18 Å². The van der Waals surface area contributed by atoms with Crippen molar-refractivity contribution in [2.75, 3.05) is 18.0 Å². The van der Waals surface area contributed by atoms with E-state index in [2.05, 4.69) is 0 Å². The Morgan fingerprint density at radius 1 is 1.37 bits per heavy atom. The molecule has 0 saturated carbocycles. The minimum absolute atomic E-state index is 0.00185. The summed E-state index contributed by atoms with van der Waals surface area (Å²) in [4.78, 5) is 1.76. The average Bonchev–Trinajstić information content (AvgIpc) is 2.37. The van der Waals surface area contributed by atoms with Gasteiger partial charge in [0.05, 0.1) is 5.92 Å². The maximum atomic E-state index is 12.8. The molecule has 1 aliphatic rings. The lowest BCUT2D eigenvalue weighted by Crippen LogP contribution is -2.42. The first-order chi connectivity index (χ1) is 8.91. The van der Waals surface area contributed by atoms with Gasteiger partial charge in [0, 0.05) is 30.3 Å². The molecule has 2 nitrogen and oxygen atoms in total. The fraction of sp³-hybridized carbons (Fsp3) is 0.538. The molecule has 0 aliphatic carbocycles. The van der Waals surface area contributed by atoms with Crippen LogP contribution in [0.1, 0.15) is 18.4 Å². The maximum Gasteiger partial charge on any atom is 0.393 e. The highest BCUT2D eigenvalue weighted by molar-refractivity contribution is 6.30. The number of nitrogens with two attached hydrogens (primary N) is 1. The lowest BCUT2D eigenvalue weighted by atomic mass is 9.96. The minimum atomic E-state index is -4.13. The van der Waals surface area contributed by atoms with Crippen molar-refractivity contribution in [3.8, 4) is 0 Å². The zero-order valence-corrected chi connectivity index (χ0v) is 11.1. The van der Waals surface area contributed by atoms with Gasteiger partial charge in [0.2, 0.25) is 0 Å². The van der Waals surface area contributed by atoms with E-state index in [4.69, 9.17) is 17.3 Å². The summed E-state index contributed by atoms with van der Waals surface area (Å²) < 4.78 is 38.4. The fourth-order valence-electron chi connectivity index (χ4n) is 2.49. The van der Waals surface area contributed by atoms with E-state index in [9.17, 15) is 13.2 Å². The molecule has 1 heterocycles. The van der Waals surface area contributed by atoms with Crippen molar-refractivity contribution in [3.63, 3.8) is 0 Å². The van der Waals surface area contributed by atoms with Crippen LogP contribution in [0.4, 0.5) is 18.9 Å². The summed E-state index contributed by atoms with van der Waals surface area (Å²) in [6, 6.07) is 5.16. The van der Waals surface area contributed by atoms with Gasteiger partial charge < -0.3 is 10.6 Å². The van der Waals surface area contributed by atoms with Crippen LogP contribution in [0.3, 0.4) is 0 Å². The van der Waals surface area contributed by atoms with E-state index < -0.39 is 12.1 Å². The predicted molar refractivity (Wildman–Crippen MR) is 70.3 cm³/mol. The van der Waals surface area contributed by atoms with Crippen LogP contribution in [0, 0.1) is 5.92 Å². The van der Waals surface area contributed by atoms with Crippen LogP contribution in [0.5, 0.6) is 0 Å². The highest BCUT2D eigenvalue weighted by atomic mass is 35.5. The van der Waals surface area contributed by atoms with Crippen molar-refractivity contribution in [2.24, 2.45) is 11.7 Å². The van der Waals surface area contributed by atoms with Crippen molar-refractivity contribution in [1.29, 1.82) is 0 Å². The van der Waals surface area contributed by atoms with Crippen LogP contribution >= 0.6 is 11.6 Å². The van der Waals surface area contributed by atoms with E-state index in [-0.39, 0.29) is 19.5 Å². The van der Waals surface area contributed by atoms with E-state index in [1.54, 1.807) is 23.1 Å². The number of alkyl halides is 3. The van der Waals surface area contributed by atoms with Gasteiger partial charge in [0.15, 0.2) is 0 Å². The zero-order chi connectivity index (χ0) is 14.0. The molecule has 1 aromatic carbocycles. The van der Waals surface area contributed by atoms with Crippen molar-refractivity contribution in [1.82, 2.24) is 0 Å². The second-order valence-electron chi connectivity index (χ2n) is 4.80. The second-order valence-corrected chi connectivity index (χ2v) is 5.24. The Morgan fingerprint density at radius 3 is 2.74 bits per heavy atom. The lowest BCUT2D eigenvalue weighted by Gasteiger charge is -2.36. The van der Waals surface area contributed by atoms with Gasteiger partial charge in [-0.1, -0.05) is 11.6 Å². The Morgan fingerprint density at radius 2 is 2.11 bits per heavy atom. The molecule has 0 bridgehead atoms. The first-order valence-corrected chi connectivity index (χ1v) is 6.59. The predicted octanol–water partition coefficient (Wildman–Crippen LogP) is 3.58. The van der Waals surface area contributed by atoms with Crippen LogP contribution in [0.15, 0.2) is 18.2 Å². The standard InChI is InChI=1S/C13H16ClF3N2/c14-11-3-4-12(9(6-11)7-18)19-5-1-2-10(8-19)13(15,16)17/h3-4,6,10H,1-2,5,7-8,18H2. The van der Waals surface area contributed by atoms with Gasteiger partial charge in [0.1, 0.15) is 0 Å². The monoisotopic (exact) mass is 292 g/mol. The molecule has 106 valence electrons. The molecule has 0 radical (unpaired) electrons. The second kappa shape index (κ2) is 5.59. The molecule has 0 amide bonds. The van der Waals surface area contributed by atoms with Gasteiger partial charge in [-0.3, -0.25) is 0 Å². The van der Waals surface area contributed by atoms with E-state index >= 15 is 0 Å². The van der Waals surface area contributed by atoms with Crippen molar-refractivity contribution >= 4 is 17.3 Å². The van der Waals surface area contributed by atoms with E-state index in [0.29, 0.717) is 18.0 Å². The van der Waals surface area contributed by atoms with Gasteiger partial charge in [-0.2, -0.15) is 13.2 Å². The first kappa shape index (κ1) is 14.5. The van der Waals surface area contributed by atoms with Gasteiger partial charge in [0.25, 0.3) is 0 Å². The lowest BCUT2D eigenvalue weighted by molar-refractivity contribution is -0.176. The summed E-state index contributed by atoms with van der Waals surface area (Å²) in [5.74, 6) is -1.26. The number of anilines is 1. The summed E-state index contributed by atoms with van der Waals surface area (Å²) in [5, 5.41) is 0.550. The summed E-state index contributed by atoms with van der Waals surface area (Å²) in [6.07, 6.45) is -3.39. The maximum absolute atomic E-state index is 12.8. The number of nitrogens with zero attached hydrogens (tertiary/aromatic N) is 1. The number of benzene rings is 1. The van der Waals surface area contributed by atoms with Gasteiger partial charge in [-0.15, -0.1) is 0 Å². The smallest absolute Gasteiger partial charge is 0.371 e. The topological polar surface area (TPSA) is 29.3 Å². The number of piperidine rings is 1. The molecular formula is C13H16ClF3N2. The molecule has 1 saturated heterocycles. The minimum Gasteiger partial charge on any atom is -0.371 e. The Balaban J connectivity index is 2.22. The van der Waals surface area contributed by atoms with E-state index in [0.717, 1.165) is 11.3 Å². The number of hydrogen-bond acceptors (Lipinski definition) is 2. The third-order valence-electron chi connectivity index (χ3n) is 3.49. The zero-order valence-electron chi connectivity index (χ0n) is 10.4. The molecule has 1 aromatic rings. The number of halogens is 4. The Labute approximate surface area is 115 Å². The number of rotatable bonds is 2. The van der Waals surface area contributed by atoms with E-state index in [1.165, 1.54) is 0 Å². The molecule has 0 spiro atoms. The summed E-state index contributed by atoms with van der Waals surface area (Å²) >= 11 is 5.88. The molecule has 2 rings (SSSR count). The normalized spacial score (nSPS) is 20.7. The van der Waals surface area contributed by atoms with E-state index in [1.807, 2.05) is 0 Å². The van der Waals surface area contributed by atoms with Gasteiger partial charge in [-0.25, -0.2) is 0 Å². The Hall–Kier alpha value is -0.940. The van der Waals surface area contributed by atoms with Crippen LogP contribution in [0.25, 0.3) is 0 Å². The van der Waals surface area contributed by atoms with Crippen molar-refractivity contribution in [2.45, 2.75) is 25.6 Å². The molecule has 19 heavy (non-hydrogen) atoms. The fourth-order valence-corrected chi connectivity index (χ4v) is 2.68. The molecule has 0 aromatic heterocycles. The Bertz CT molecular complexity index is 448. The van der Waals surface area contributed by atoms with Crippen molar-refractivity contribution in [3.05, 3.63) is 28.8 Å². The first-order valence-electron chi connectivity index (χ1n) is 6.22. The van der Waals surface area contributed by atoms with Crippen molar-refractivity contribution < 1.29 is 13.2 Å². The summed E-state index contributed by atoms with van der Waals surface area (Å²) in [5.41, 5.74) is 7.19. The van der Waals surface area contributed by atoms with Crippen LogP contribution < -0.4 is 10.6 Å². The molecular weight excluding hydrogens is 277 g/mol. The van der Waals surface area contributed by atoms with Crippen LogP contribution in [-0.2, 0) is 6.54 Å². The molecule has 1 aliphatic heterocycles. The summed E-state index contributed by atoms with van der Waals surface area (Å²) in [7, 11) is 0. The van der Waals surface area contributed by atoms with Gasteiger partial charge in [-0.05, 0) is 36.6 Å². The SMILES string of the molecule is NCc1cc(Cl)ccc1N1CCCC(C(F)(F)F)C1. The largest absolute Gasteiger partial charge is 0.393 e.